The van der Waals surface area contributed by atoms with Crippen LogP contribution in [0.15, 0.2) is 114 Å². The molecular weight excluding hydrogens is 1670 g/mol. The Labute approximate surface area is 718 Å². The number of aliphatic hydroxyl groups excluding tert-OH is 2. The number of benzene rings is 5. The largest absolute Gasteiger partial charge is 0.493 e. The lowest BCUT2D eigenvalue weighted by molar-refractivity contribution is -0.282. The number of esters is 8. The summed E-state index contributed by atoms with van der Waals surface area (Å²) in [5, 5.41) is 30.6. The van der Waals surface area contributed by atoms with Crippen LogP contribution in [0.1, 0.15) is 111 Å². The molecule has 2 aromatic heterocycles. The molecule has 0 spiro atoms. The third-order valence-corrected chi connectivity index (χ3v) is 21.7. The number of fused-ring (bicyclic) bond motifs is 2. The van der Waals surface area contributed by atoms with E-state index in [1.807, 2.05) is 60.1 Å². The maximum Gasteiger partial charge on any atom is 0.411 e. The summed E-state index contributed by atoms with van der Waals surface area (Å²) in [5.41, 5.74) is 4.36. The van der Waals surface area contributed by atoms with Gasteiger partial charge in [-0.25, -0.2) is 19.2 Å². The first kappa shape index (κ1) is 92.1. The molecule has 39 heteroatoms. The van der Waals surface area contributed by atoms with E-state index in [2.05, 4.69) is 10.6 Å². The van der Waals surface area contributed by atoms with Gasteiger partial charge in [0.05, 0.1) is 76.2 Å². The van der Waals surface area contributed by atoms with Crippen LogP contribution in [-0.2, 0) is 154 Å². The first-order valence-corrected chi connectivity index (χ1v) is 40.4. The van der Waals surface area contributed by atoms with Crippen LogP contribution in [0.25, 0.3) is 0 Å². The van der Waals surface area contributed by atoms with Gasteiger partial charge in [0.25, 0.3) is 11.8 Å². The van der Waals surface area contributed by atoms with Crippen LogP contribution in [0.5, 0.6) is 34.5 Å². The number of hydrogen-bond donors (Lipinski definition) is 4. The van der Waals surface area contributed by atoms with Crippen LogP contribution < -0.4 is 39.1 Å². The molecule has 2 unspecified atom stereocenters. The molecule has 4 aliphatic heterocycles. The van der Waals surface area contributed by atoms with Crippen molar-refractivity contribution in [2.45, 2.75) is 174 Å². The van der Waals surface area contributed by atoms with Crippen LogP contribution in [0.4, 0.5) is 21.0 Å². The van der Waals surface area contributed by atoms with Crippen LogP contribution in [0.3, 0.4) is 0 Å². The van der Waals surface area contributed by atoms with E-state index in [9.17, 15) is 58.2 Å². The number of anilines is 2. The zero-order valence-corrected chi connectivity index (χ0v) is 71.1. The molecule has 6 heterocycles. The zero-order valence-electron chi connectivity index (χ0n) is 69.5. The van der Waals surface area contributed by atoms with Gasteiger partial charge in [0.15, 0.2) is 59.6 Å². The van der Waals surface area contributed by atoms with Gasteiger partial charge in [0.2, 0.25) is 24.8 Å². The second kappa shape index (κ2) is 41.9. The van der Waals surface area contributed by atoms with Gasteiger partial charge in [-0.2, -0.15) is 0 Å². The van der Waals surface area contributed by atoms with Gasteiger partial charge in [-0.1, -0.05) is 36.4 Å². The van der Waals surface area contributed by atoms with Gasteiger partial charge in [0, 0.05) is 95.9 Å². The molecule has 2 fully saturated rings. The monoisotopic (exact) mass is 1760 g/mol. The smallest absolute Gasteiger partial charge is 0.411 e. The molecule has 37 nitrogen and oxygen atoms in total. The lowest BCUT2D eigenvalue weighted by atomic mass is 9.97. The maximum absolute atomic E-state index is 15.0. The summed E-state index contributed by atoms with van der Waals surface area (Å²) in [5.74, 6) is -8.09. The van der Waals surface area contributed by atoms with E-state index in [0.29, 0.717) is 41.6 Å². The first-order chi connectivity index (χ1) is 59.3. The van der Waals surface area contributed by atoms with Crippen molar-refractivity contribution >= 4 is 106 Å². The Balaban J connectivity index is 0.826. The van der Waals surface area contributed by atoms with Crippen LogP contribution in [0, 0.1) is 0 Å². The van der Waals surface area contributed by atoms with Gasteiger partial charge in [-0.15, -0.1) is 22.7 Å². The molecule has 2 saturated heterocycles. The third-order valence-electron chi connectivity index (χ3n) is 19.7. The standard InChI is InChI=1S/C85H93N5O32S2/c1-43(93)113-70-72(115-45(3)95)76(117-47(5)97)82(121-74(70)80(101)107-11)119-58-17-13-49(14-18-58)39-111-84(103)86-62-32-66(64(105-9)30-60(62)78(99)89-35-54-21-23-123-68(54)28-56(89)37-91)109-41-52-25-51(34-88(7)8)26-53(27-52)42-110-67-33-63(61(31-65(67)106-10)79(100)90-36-55-22-24-124-69(55)29-57(90)38-92)87-85(104)112-40-50-15-19-59(20-16-50)120-83-77(118-48(6)98)73(116-46(4)96)71(114-44(2)94)75(122-83)81(102)108-12/h13-27,30-33,56-57,70-77,82-83,91-92H,28-29,34-42H2,1-12H3,(H,86,103)(H,87,104)/t56-,57+,70-,71-,72-,73-,74-,75-,76?,77?,82+,83+/m0/s1. The number of rotatable bonds is 32. The number of carbonyl (C=O) groups excluding carboxylic acids is 12. The molecule has 4 amide bonds. The minimum absolute atomic E-state index is 0.0481. The predicted molar refractivity (Wildman–Crippen MR) is 432 cm³/mol. The minimum Gasteiger partial charge on any atom is -0.493 e. The summed E-state index contributed by atoms with van der Waals surface area (Å²) in [4.78, 5) is 166. The summed E-state index contributed by atoms with van der Waals surface area (Å²) < 4.78 is 103. The van der Waals surface area contributed by atoms with E-state index < -0.39 is 145 Å². The fraction of sp³-hybridized carbons (Fsp3) is 0.412. The van der Waals surface area contributed by atoms with Crippen LogP contribution >= 0.6 is 22.7 Å². The van der Waals surface area contributed by atoms with Crippen molar-refractivity contribution in [1.82, 2.24) is 14.7 Å². The Kier molecular flexibility index (Phi) is 31.1. The van der Waals surface area contributed by atoms with Gasteiger partial charge in [-0.3, -0.25) is 49.0 Å². The molecule has 662 valence electrons. The second-order valence-corrected chi connectivity index (χ2v) is 31.0. The van der Waals surface area contributed by atoms with Crippen molar-refractivity contribution in [1.29, 1.82) is 0 Å². The summed E-state index contributed by atoms with van der Waals surface area (Å²) in [6.07, 6.45) is -17.8. The minimum atomic E-state index is -1.72. The number of aliphatic hydroxyl groups is 2. The summed E-state index contributed by atoms with van der Waals surface area (Å²) in [6.45, 7) is 5.23. The fourth-order valence-electron chi connectivity index (χ4n) is 14.3. The number of nitrogens with zero attached hydrogens (tertiary/aromatic N) is 3. The molecule has 0 saturated carbocycles. The average molecular weight is 1760 g/mol. The summed E-state index contributed by atoms with van der Waals surface area (Å²) in [7, 11) is 8.60. The van der Waals surface area contributed by atoms with Gasteiger partial charge in [-0.05, 0) is 118 Å². The van der Waals surface area contributed by atoms with Crippen molar-refractivity contribution in [3.05, 3.63) is 174 Å². The van der Waals surface area contributed by atoms with Crippen molar-refractivity contribution in [2.24, 2.45) is 0 Å². The molecule has 4 N–H and O–H groups in total. The van der Waals surface area contributed by atoms with E-state index in [0.717, 1.165) is 82.2 Å². The molecule has 12 atom stereocenters. The van der Waals surface area contributed by atoms with Gasteiger partial charge >= 0.3 is 59.9 Å². The van der Waals surface area contributed by atoms with Crippen molar-refractivity contribution in [2.75, 3.05) is 66.4 Å². The van der Waals surface area contributed by atoms with E-state index in [-0.39, 0.29) is 110 Å². The Morgan fingerprint density at radius 1 is 0.435 bits per heavy atom. The topological polar surface area (TPSA) is 445 Å². The number of thiophene rings is 2. The Morgan fingerprint density at radius 2 is 0.790 bits per heavy atom. The molecule has 0 aliphatic carbocycles. The number of carbonyl (C=O) groups is 12. The number of ether oxygens (including phenoxy) is 18. The highest BCUT2D eigenvalue weighted by Gasteiger charge is 2.58. The second-order valence-electron chi connectivity index (χ2n) is 29.0. The lowest BCUT2D eigenvalue weighted by Crippen LogP contribution is -2.64. The molecular formula is C85H93N5O32S2. The third kappa shape index (κ3) is 23.2. The molecule has 0 bridgehead atoms. The number of hydrogen-bond acceptors (Lipinski definition) is 35. The Bertz CT molecular complexity index is 4770. The average Bonchev–Trinajstić information content (AvgIpc) is 0.901. The van der Waals surface area contributed by atoms with Crippen LogP contribution in [-0.4, -0.2) is 226 Å². The summed E-state index contributed by atoms with van der Waals surface area (Å²) >= 11 is 3.01. The molecule has 11 rings (SSSR count). The molecule has 4 aliphatic rings. The zero-order chi connectivity index (χ0) is 89.3. The van der Waals surface area contributed by atoms with E-state index >= 15 is 9.59 Å². The highest BCUT2D eigenvalue weighted by Crippen LogP contribution is 2.42. The first-order valence-electron chi connectivity index (χ1n) is 38.6. The van der Waals surface area contributed by atoms with Gasteiger partial charge < -0.3 is 110 Å². The Morgan fingerprint density at radius 3 is 1.13 bits per heavy atom. The lowest BCUT2D eigenvalue weighted by Gasteiger charge is -2.43. The highest BCUT2D eigenvalue weighted by atomic mass is 32.1. The fourth-order valence-corrected chi connectivity index (χ4v) is 16.2. The predicted octanol–water partition coefficient (Wildman–Crippen LogP) is 7.81. The Hall–Kier alpha value is -12.7. The van der Waals surface area contributed by atoms with Crippen molar-refractivity contribution in [3.8, 4) is 34.5 Å². The van der Waals surface area contributed by atoms with Crippen molar-refractivity contribution < 1.29 is 153 Å². The maximum atomic E-state index is 15.0. The van der Waals surface area contributed by atoms with E-state index in [1.54, 1.807) is 0 Å². The van der Waals surface area contributed by atoms with E-state index in [4.69, 9.17) is 85.3 Å². The molecule has 124 heavy (non-hydrogen) atoms. The molecule has 5 aromatic carbocycles. The van der Waals surface area contributed by atoms with Crippen molar-refractivity contribution in [3.63, 3.8) is 0 Å². The molecule has 0 radical (unpaired) electrons. The van der Waals surface area contributed by atoms with Gasteiger partial charge in [0.1, 0.15) is 37.9 Å². The molecule has 7 aromatic rings. The number of amides is 4. The van der Waals surface area contributed by atoms with Crippen LogP contribution in [0.2, 0.25) is 0 Å². The SMILES string of the molecule is COC(=O)[C@H]1O[C@@H](Oc2ccc(COC(=O)Nc3cc(OCc4cc(COc5cc(NC(=O)OCc6ccc(O[C@@H]7O[C@H](C(=O)OC)[C@@H](OC(C)=O)[C@H](OC(C)=O)C7OC(C)=O)cc6)c(C(=O)N6Cc7ccsc7C[C@@H]6CO)cc5OC)cc(CN(C)C)c4)c(OC)cc3C(=O)N3Cc4ccsc4C[C@H]3CO)cc2)C(OC(C)=O)[C@@H](OC(C)=O)[C@@H]1OC(C)=O. The van der Waals surface area contributed by atoms with E-state index in [1.165, 1.54) is 119 Å². The highest BCUT2D eigenvalue weighted by molar-refractivity contribution is 7.10. The summed E-state index contributed by atoms with van der Waals surface area (Å²) in [6, 6.07) is 25.6. The number of methoxy groups -OCH3 is 4. The normalized spacial score (nSPS) is 20.6. The quantitative estimate of drug-likeness (QED) is 0.0231. The number of nitrogens with one attached hydrogen (secondary N) is 2.